The Labute approximate surface area is 106 Å². The SMILES string of the molecule is CCOC(=O)CCNC(=O)c1ccc(C)c(N)c1. The molecule has 3 N–H and O–H groups in total. The summed E-state index contributed by atoms with van der Waals surface area (Å²) in [5.41, 5.74) is 7.71. The lowest BCUT2D eigenvalue weighted by Gasteiger charge is -2.07. The summed E-state index contributed by atoms with van der Waals surface area (Å²) in [6.07, 6.45) is 0.168. The number of nitrogens with one attached hydrogen (secondary N) is 1. The number of nitrogens with two attached hydrogens (primary N) is 1. The van der Waals surface area contributed by atoms with Crippen LogP contribution in [0, 0.1) is 6.92 Å². The van der Waals surface area contributed by atoms with Crippen molar-refractivity contribution in [2.45, 2.75) is 20.3 Å². The van der Waals surface area contributed by atoms with Gasteiger partial charge in [-0.3, -0.25) is 9.59 Å². The standard InChI is InChI=1S/C13H18N2O3/c1-3-18-12(16)6-7-15-13(17)10-5-4-9(2)11(14)8-10/h4-5,8H,3,6-7,14H2,1-2H3,(H,15,17). The zero-order valence-corrected chi connectivity index (χ0v) is 10.7. The number of ether oxygens (including phenoxy) is 1. The van der Waals surface area contributed by atoms with Gasteiger partial charge in [-0.05, 0) is 31.5 Å². The van der Waals surface area contributed by atoms with Crippen LogP contribution in [-0.2, 0) is 9.53 Å². The van der Waals surface area contributed by atoms with Gasteiger partial charge in [-0.15, -0.1) is 0 Å². The highest BCUT2D eigenvalue weighted by atomic mass is 16.5. The van der Waals surface area contributed by atoms with E-state index in [1.165, 1.54) is 0 Å². The average molecular weight is 250 g/mol. The van der Waals surface area contributed by atoms with Crippen molar-refractivity contribution >= 4 is 17.6 Å². The maximum absolute atomic E-state index is 11.7. The van der Waals surface area contributed by atoms with Gasteiger partial charge in [0.15, 0.2) is 0 Å². The van der Waals surface area contributed by atoms with E-state index in [0.717, 1.165) is 5.56 Å². The van der Waals surface area contributed by atoms with Crippen LogP contribution in [0.5, 0.6) is 0 Å². The minimum absolute atomic E-state index is 0.168. The normalized spacial score (nSPS) is 9.89. The van der Waals surface area contributed by atoms with E-state index >= 15 is 0 Å². The molecule has 0 unspecified atom stereocenters. The predicted octanol–water partition coefficient (Wildman–Crippen LogP) is 1.26. The number of nitrogen functional groups attached to an aromatic ring is 1. The van der Waals surface area contributed by atoms with Crippen molar-refractivity contribution in [3.63, 3.8) is 0 Å². The van der Waals surface area contributed by atoms with Crippen molar-refractivity contribution in [1.82, 2.24) is 5.32 Å². The van der Waals surface area contributed by atoms with Crippen LogP contribution in [-0.4, -0.2) is 25.0 Å². The van der Waals surface area contributed by atoms with E-state index in [2.05, 4.69) is 5.32 Å². The van der Waals surface area contributed by atoms with Crippen LogP contribution in [0.1, 0.15) is 29.3 Å². The van der Waals surface area contributed by atoms with E-state index in [1.54, 1.807) is 25.1 Å². The highest BCUT2D eigenvalue weighted by Crippen LogP contribution is 2.12. The quantitative estimate of drug-likeness (QED) is 0.609. The van der Waals surface area contributed by atoms with Crippen LogP contribution in [0.3, 0.4) is 0 Å². The number of rotatable bonds is 5. The Balaban J connectivity index is 2.45. The lowest BCUT2D eigenvalue weighted by molar-refractivity contribution is -0.142. The number of hydrogen-bond donors (Lipinski definition) is 2. The van der Waals surface area contributed by atoms with Gasteiger partial charge in [0.1, 0.15) is 0 Å². The summed E-state index contributed by atoms with van der Waals surface area (Å²) in [5, 5.41) is 2.64. The summed E-state index contributed by atoms with van der Waals surface area (Å²) in [6.45, 7) is 4.22. The van der Waals surface area contributed by atoms with Gasteiger partial charge in [-0.1, -0.05) is 6.07 Å². The summed E-state index contributed by atoms with van der Waals surface area (Å²) in [7, 11) is 0. The Kier molecular flexibility index (Phi) is 5.17. The van der Waals surface area contributed by atoms with E-state index in [1.807, 2.05) is 6.92 Å². The number of esters is 1. The summed E-state index contributed by atoms with van der Waals surface area (Å²) in [5.74, 6) is -0.563. The van der Waals surface area contributed by atoms with Crippen LogP contribution in [0.15, 0.2) is 18.2 Å². The molecule has 0 aromatic heterocycles. The minimum atomic E-state index is -0.318. The number of hydrogen-bond acceptors (Lipinski definition) is 4. The molecule has 0 fully saturated rings. The van der Waals surface area contributed by atoms with Crippen LogP contribution in [0.4, 0.5) is 5.69 Å². The topological polar surface area (TPSA) is 81.4 Å². The maximum atomic E-state index is 11.7. The Bertz CT molecular complexity index is 444. The first kappa shape index (κ1) is 14.0. The van der Waals surface area contributed by atoms with Gasteiger partial charge in [0.2, 0.25) is 0 Å². The highest BCUT2D eigenvalue weighted by Gasteiger charge is 2.08. The molecule has 0 spiro atoms. The van der Waals surface area contributed by atoms with Gasteiger partial charge in [-0.25, -0.2) is 0 Å². The fourth-order valence-corrected chi connectivity index (χ4v) is 1.40. The lowest BCUT2D eigenvalue weighted by atomic mass is 10.1. The lowest BCUT2D eigenvalue weighted by Crippen LogP contribution is -2.26. The molecule has 98 valence electrons. The molecule has 0 saturated heterocycles. The van der Waals surface area contributed by atoms with Crippen LogP contribution in [0.25, 0.3) is 0 Å². The van der Waals surface area contributed by atoms with Gasteiger partial charge < -0.3 is 15.8 Å². The molecule has 0 aliphatic carbocycles. The number of carbonyl (C=O) groups is 2. The first-order chi connectivity index (χ1) is 8.54. The van der Waals surface area contributed by atoms with Gasteiger partial charge in [0.25, 0.3) is 5.91 Å². The smallest absolute Gasteiger partial charge is 0.307 e. The number of amides is 1. The van der Waals surface area contributed by atoms with Crippen molar-refractivity contribution < 1.29 is 14.3 Å². The third-order valence-electron chi connectivity index (χ3n) is 2.46. The molecular formula is C13H18N2O3. The van der Waals surface area contributed by atoms with Gasteiger partial charge in [0, 0.05) is 17.8 Å². The number of anilines is 1. The third-order valence-corrected chi connectivity index (χ3v) is 2.46. The molecule has 0 aliphatic heterocycles. The largest absolute Gasteiger partial charge is 0.466 e. The van der Waals surface area contributed by atoms with Crippen LogP contribution in [0.2, 0.25) is 0 Å². The average Bonchev–Trinajstić information content (AvgIpc) is 2.33. The number of benzene rings is 1. The van der Waals surface area contributed by atoms with Crippen LogP contribution < -0.4 is 11.1 Å². The molecule has 0 saturated carbocycles. The van der Waals surface area contributed by atoms with E-state index in [4.69, 9.17) is 10.5 Å². The van der Waals surface area contributed by atoms with Gasteiger partial charge in [0.05, 0.1) is 13.0 Å². The van der Waals surface area contributed by atoms with E-state index in [-0.39, 0.29) is 24.8 Å². The molecule has 0 heterocycles. The fraction of sp³-hybridized carbons (Fsp3) is 0.385. The second-order valence-corrected chi connectivity index (χ2v) is 3.88. The number of aryl methyl sites for hydroxylation is 1. The number of carbonyl (C=O) groups excluding carboxylic acids is 2. The maximum Gasteiger partial charge on any atom is 0.307 e. The Morgan fingerprint density at radius 2 is 2.11 bits per heavy atom. The van der Waals surface area contributed by atoms with E-state index in [9.17, 15) is 9.59 Å². The zero-order chi connectivity index (χ0) is 13.5. The third kappa shape index (κ3) is 4.08. The summed E-state index contributed by atoms with van der Waals surface area (Å²) in [4.78, 5) is 22.8. The van der Waals surface area contributed by atoms with Gasteiger partial charge in [-0.2, -0.15) is 0 Å². The molecule has 1 rings (SSSR count). The molecule has 18 heavy (non-hydrogen) atoms. The molecule has 5 nitrogen and oxygen atoms in total. The Morgan fingerprint density at radius 1 is 1.39 bits per heavy atom. The molecule has 0 bridgehead atoms. The molecule has 1 aromatic rings. The summed E-state index contributed by atoms with van der Waals surface area (Å²) < 4.78 is 4.75. The second-order valence-electron chi connectivity index (χ2n) is 3.88. The second kappa shape index (κ2) is 6.64. The first-order valence-corrected chi connectivity index (χ1v) is 5.84. The molecular weight excluding hydrogens is 232 g/mol. The van der Waals surface area contributed by atoms with Crippen molar-refractivity contribution in [3.05, 3.63) is 29.3 Å². The Hall–Kier alpha value is -2.04. The minimum Gasteiger partial charge on any atom is -0.466 e. The monoisotopic (exact) mass is 250 g/mol. The van der Waals surface area contributed by atoms with Crippen molar-refractivity contribution in [3.8, 4) is 0 Å². The fourth-order valence-electron chi connectivity index (χ4n) is 1.40. The van der Waals surface area contributed by atoms with Gasteiger partial charge >= 0.3 is 5.97 Å². The van der Waals surface area contributed by atoms with Crippen molar-refractivity contribution in [1.29, 1.82) is 0 Å². The molecule has 1 aromatic carbocycles. The molecule has 0 radical (unpaired) electrons. The first-order valence-electron chi connectivity index (χ1n) is 5.84. The van der Waals surface area contributed by atoms with Crippen molar-refractivity contribution in [2.24, 2.45) is 0 Å². The Morgan fingerprint density at radius 3 is 2.72 bits per heavy atom. The van der Waals surface area contributed by atoms with Crippen molar-refractivity contribution in [2.75, 3.05) is 18.9 Å². The van der Waals surface area contributed by atoms with E-state index < -0.39 is 0 Å². The predicted molar refractivity (Wildman–Crippen MR) is 69.2 cm³/mol. The van der Waals surface area contributed by atoms with E-state index in [0.29, 0.717) is 17.9 Å². The highest BCUT2D eigenvalue weighted by molar-refractivity contribution is 5.95. The summed E-state index contributed by atoms with van der Waals surface area (Å²) in [6, 6.07) is 5.11. The van der Waals surface area contributed by atoms with Crippen LogP contribution >= 0.6 is 0 Å². The summed E-state index contributed by atoms with van der Waals surface area (Å²) >= 11 is 0. The molecule has 0 aliphatic rings. The zero-order valence-electron chi connectivity index (χ0n) is 10.7. The molecule has 5 heteroatoms. The molecule has 0 atom stereocenters. The molecule has 1 amide bonds.